The van der Waals surface area contributed by atoms with E-state index in [-0.39, 0.29) is 0 Å². The average Bonchev–Trinajstić information content (AvgIpc) is 2.56. The minimum Gasteiger partial charge on any atom is -0.307 e. The van der Waals surface area contributed by atoms with Gasteiger partial charge in [0.2, 0.25) is 0 Å². The third-order valence-corrected chi connectivity index (χ3v) is 4.40. The topological polar surface area (TPSA) is 12.0 Å². The number of hydrogen-bond acceptors (Lipinski definition) is 1. The van der Waals surface area contributed by atoms with Gasteiger partial charge in [-0.15, -0.1) is 0 Å². The van der Waals surface area contributed by atoms with Crippen LogP contribution in [0.25, 0.3) is 0 Å². The van der Waals surface area contributed by atoms with Gasteiger partial charge in [-0.05, 0) is 38.2 Å². The van der Waals surface area contributed by atoms with E-state index in [1.807, 2.05) is 0 Å². The molecule has 100 valence electrons. The molecule has 3 atom stereocenters. The van der Waals surface area contributed by atoms with Crippen LogP contribution in [-0.4, -0.2) is 6.04 Å². The highest BCUT2D eigenvalue weighted by Gasteiger charge is 2.21. The zero-order valence-electron chi connectivity index (χ0n) is 12.1. The predicted octanol–water partition coefficient (Wildman–Crippen LogP) is 4.61. The Hall–Kier alpha value is -0.820. The van der Waals surface area contributed by atoms with Crippen LogP contribution in [0.2, 0.25) is 0 Å². The van der Waals surface area contributed by atoms with Crippen LogP contribution in [0, 0.1) is 12.8 Å². The number of hydrogen-bond donors (Lipinski definition) is 1. The Labute approximate surface area is 112 Å². The van der Waals surface area contributed by atoms with Crippen molar-refractivity contribution in [1.29, 1.82) is 0 Å². The zero-order valence-corrected chi connectivity index (χ0v) is 12.1. The van der Waals surface area contributed by atoms with E-state index in [1.54, 1.807) is 0 Å². The van der Waals surface area contributed by atoms with E-state index in [0.717, 1.165) is 5.92 Å². The molecule has 18 heavy (non-hydrogen) atoms. The quantitative estimate of drug-likeness (QED) is 0.767. The summed E-state index contributed by atoms with van der Waals surface area (Å²) in [7, 11) is 0. The molecule has 0 aliphatic heterocycles. The maximum absolute atomic E-state index is 3.84. The first kappa shape index (κ1) is 13.6. The van der Waals surface area contributed by atoms with Crippen LogP contribution in [-0.2, 0) is 0 Å². The van der Waals surface area contributed by atoms with Gasteiger partial charge < -0.3 is 5.32 Å². The van der Waals surface area contributed by atoms with Crippen molar-refractivity contribution < 1.29 is 0 Å². The van der Waals surface area contributed by atoms with Gasteiger partial charge in [0.05, 0.1) is 0 Å². The fourth-order valence-electron chi connectivity index (χ4n) is 3.01. The summed E-state index contributed by atoms with van der Waals surface area (Å²) in [6.07, 6.45) is 6.96. The summed E-state index contributed by atoms with van der Waals surface area (Å²) >= 11 is 0. The molecule has 1 aliphatic rings. The average molecular weight is 245 g/mol. The van der Waals surface area contributed by atoms with E-state index >= 15 is 0 Å². The van der Waals surface area contributed by atoms with E-state index in [4.69, 9.17) is 0 Å². The fourth-order valence-corrected chi connectivity index (χ4v) is 3.01. The molecule has 1 heteroatoms. The van der Waals surface area contributed by atoms with Crippen LogP contribution >= 0.6 is 0 Å². The molecule has 1 saturated carbocycles. The summed E-state index contributed by atoms with van der Waals surface area (Å²) in [4.78, 5) is 0. The van der Waals surface area contributed by atoms with Gasteiger partial charge in [0, 0.05) is 12.1 Å². The normalized spacial score (nSPS) is 26.6. The number of rotatable bonds is 3. The van der Waals surface area contributed by atoms with E-state index in [2.05, 4.69) is 50.4 Å². The van der Waals surface area contributed by atoms with Gasteiger partial charge in [0.15, 0.2) is 0 Å². The van der Waals surface area contributed by atoms with Crippen molar-refractivity contribution in [3.63, 3.8) is 0 Å². The van der Waals surface area contributed by atoms with Gasteiger partial charge in [-0.2, -0.15) is 0 Å². The molecule has 2 rings (SSSR count). The predicted molar refractivity (Wildman–Crippen MR) is 78.8 cm³/mol. The second-order valence-electron chi connectivity index (χ2n) is 6.02. The van der Waals surface area contributed by atoms with Crippen molar-refractivity contribution in [1.82, 2.24) is 5.32 Å². The van der Waals surface area contributed by atoms with Gasteiger partial charge in [-0.1, -0.05) is 56.0 Å². The largest absolute Gasteiger partial charge is 0.307 e. The van der Waals surface area contributed by atoms with E-state index in [0.29, 0.717) is 12.1 Å². The maximum Gasteiger partial charge on any atom is 0.0294 e. The molecule has 0 saturated heterocycles. The SMILES string of the molecule is Cc1ccc(C(C)NC2CCCCCC2C)cc1. The van der Waals surface area contributed by atoms with Crippen molar-refractivity contribution in [3.8, 4) is 0 Å². The van der Waals surface area contributed by atoms with Crippen molar-refractivity contribution in [2.24, 2.45) is 5.92 Å². The van der Waals surface area contributed by atoms with Crippen molar-refractivity contribution >= 4 is 0 Å². The number of aryl methyl sites for hydroxylation is 1. The highest BCUT2D eigenvalue weighted by Crippen LogP contribution is 2.25. The summed E-state index contributed by atoms with van der Waals surface area (Å²) in [5, 5.41) is 3.84. The molecule has 1 aromatic carbocycles. The van der Waals surface area contributed by atoms with Crippen LogP contribution in [0.5, 0.6) is 0 Å². The Bertz CT molecular complexity index is 354. The van der Waals surface area contributed by atoms with Crippen molar-refractivity contribution in [2.45, 2.75) is 65.0 Å². The van der Waals surface area contributed by atoms with Crippen LogP contribution < -0.4 is 5.32 Å². The molecule has 1 N–H and O–H groups in total. The highest BCUT2D eigenvalue weighted by molar-refractivity contribution is 5.23. The van der Waals surface area contributed by atoms with Gasteiger partial charge in [-0.3, -0.25) is 0 Å². The third-order valence-electron chi connectivity index (χ3n) is 4.40. The Morgan fingerprint density at radius 2 is 1.72 bits per heavy atom. The van der Waals surface area contributed by atoms with Crippen molar-refractivity contribution in [3.05, 3.63) is 35.4 Å². The summed E-state index contributed by atoms with van der Waals surface area (Å²) in [6, 6.07) is 10.1. The number of benzene rings is 1. The molecule has 1 aliphatic carbocycles. The van der Waals surface area contributed by atoms with E-state index in [9.17, 15) is 0 Å². The molecule has 0 heterocycles. The van der Waals surface area contributed by atoms with Crippen LogP contribution in [0.15, 0.2) is 24.3 Å². The van der Waals surface area contributed by atoms with Gasteiger partial charge in [0.1, 0.15) is 0 Å². The molecular weight excluding hydrogens is 218 g/mol. The first-order chi connectivity index (χ1) is 8.66. The molecule has 0 bridgehead atoms. The molecule has 0 radical (unpaired) electrons. The Morgan fingerprint density at radius 3 is 2.44 bits per heavy atom. The zero-order chi connectivity index (χ0) is 13.0. The minimum atomic E-state index is 0.469. The molecule has 3 unspecified atom stereocenters. The summed E-state index contributed by atoms with van der Waals surface area (Å²) in [6.45, 7) is 6.85. The molecule has 0 spiro atoms. The van der Waals surface area contributed by atoms with E-state index in [1.165, 1.54) is 43.2 Å². The first-order valence-electron chi connectivity index (χ1n) is 7.49. The Kier molecular flexibility index (Phi) is 4.82. The monoisotopic (exact) mass is 245 g/mol. The maximum atomic E-state index is 3.84. The molecule has 0 aromatic heterocycles. The first-order valence-corrected chi connectivity index (χ1v) is 7.49. The lowest BCUT2D eigenvalue weighted by molar-refractivity contribution is 0.330. The van der Waals surface area contributed by atoms with Gasteiger partial charge in [0.25, 0.3) is 0 Å². The van der Waals surface area contributed by atoms with Crippen molar-refractivity contribution in [2.75, 3.05) is 0 Å². The third kappa shape index (κ3) is 3.58. The smallest absolute Gasteiger partial charge is 0.0294 e. The van der Waals surface area contributed by atoms with Crippen LogP contribution in [0.4, 0.5) is 0 Å². The summed E-state index contributed by atoms with van der Waals surface area (Å²) in [5.41, 5.74) is 2.76. The van der Waals surface area contributed by atoms with Crippen LogP contribution in [0.1, 0.15) is 63.1 Å². The minimum absolute atomic E-state index is 0.469. The molecule has 1 nitrogen and oxygen atoms in total. The van der Waals surface area contributed by atoms with Gasteiger partial charge >= 0.3 is 0 Å². The lowest BCUT2D eigenvalue weighted by atomic mass is 9.95. The molecule has 1 aromatic rings. The fraction of sp³-hybridized carbons (Fsp3) is 0.647. The van der Waals surface area contributed by atoms with Gasteiger partial charge in [-0.25, -0.2) is 0 Å². The second-order valence-corrected chi connectivity index (χ2v) is 6.02. The molecular formula is C17H27N. The lowest BCUT2D eigenvalue weighted by Crippen LogP contribution is -2.36. The lowest BCUT2D eigenvalue weighted by Gasteiger charge is -2.27. The standard InChI is InChI=1S/C17H27N/c1-13-9-11-16(12-10-13)15(3)18-17-8-6-4-5-7-14(17)2/h9-12,14-15,17-18H,4-8H2,1-3H3. The number of nitrogens with one attached hydrogen (secondary N) is 1. The highest BCUT2D eigenvalue weighted by atomic mass is 14.9. The molecule has 0 amide bonds. The molecule has 1 fully saturated rings. The Morgan fingerprint density at radius 1 is 1.06 bits per heavy atom. The van der Waals surface area contributed by atoms with E-state index < -0.39 is 0 Å². The summed E-state index contributed by atoms with van der Waals surface area (Å²) < 4.78 is 0. The van der Waals surface area contributed by atoms with Crippen LogP contribution in [0.3, 0.4) is 0 Å². The Balaban J connectivity index is 1.97. The summed E-state index contributed by atoms with van der Waals surface area (Å²) in [5.74, 6) is 0.820. The second kappa shape index (κ2) is 6.38.